The van der Waals surface area contributed by atoms with E-state index in [0.29, 0.717) is 0 Å². The van der Waals surface area contributed by atoms with E-state index in [-0.39, 0.29) is 23.8 Å². The molecule has 0 aliphatic heterocycles. The maximum Gasteiger partial charge on any atom is -0.0134 e. The van der Waals surface area contributed by atoms with Crippen molar-refractivity contribution >= 4 is 63.5 Å². The van der Waals surface area contributed by atoms with Crippen LogP contribution < -0.4 is 31.8 Å². The molecular formula is C24H30P4. The fraction of sp³-hybridized carbons (Fsp3) is 0.250. The molecule has 0 amide bonds. The molecule has 0 bridgehead atoms. The quantitative estimate of drug-likeness (QED) is 0.492. The third-order valence-corrected chi connectivity index (χ3v) is 11.3. The molecule has 0 aromatic heterocycles. The van der Waals surface area contributed by atoms with E-state index in [2.05, 4.69) is 113 Å². The average molecular weight is 442 g/mol. The fourth-order valence-corrected chi connectivity index (χ4v) is 7.62. The minimum absolute atomic E-state index is 0.0476. The van der Waals surface area contributed by atoms with Crippen molar-refractivity contribution in [3.63, 3.8) is 0 Å². The summed E-state index contributed by atoms with van der Waals surface area (Å²) in [6.45, 7) is 14.0. The van der Waals surface area contributed by atoms with Crippen LogP contribution in [-0.2, 0) is 0 Å². The molecule has 0 N–H and O–H groups in total. The molecule has 0 aliphatic rings. The van der Waals surface area contributed by atoms with Crippen molar-refractivity contribution in [1.82, 2.24) is 0 Å². The second-order valence-corrected chi connectivity index (χ2v) is 16.7. The zero-order chi connectivity index (χ0) is 20.3. The summed E-state index contributed by atoms with van der Waals surface area (Å²) in [6.07, 6.45) is 0. The van der Waals surface area contributed by atoms with Gasteiger partial charge in [0.2, 0.25) is 0 Å². The molecule has 0 radical (unpaired) electrons. The van der Waals surface area contributed by atoms with E-state index >= 15 is 0 Å². The van der Waals surface area contributed by atoms with Gasteiger partial charge in [-0.3, -0.25) is 0 Å². The molecule has 3 rings (SSSR count). The van der Waals surface area contributed by atoms with Crippen molar-refractivity contribution < 1.29 is 0 Å². The first-order valence-corrected chi connectivity index (χ1v) is 17.5. The lowest BCUT2D eigenvalue weighted by molar-refractivity contribution is 1.79. The first kappa shape index (κ1) is 22.1. The zero-order valence-electron chi connectivity index (χ0n) is 17.7. The van der Waals surface area contributed by atoms with Crippen LogP contribution in [0, 0.1) is 0 Å². The van der Waals surface area contributed by atoms with E-state index in [1.807, 2.05) is 0 Å². The van der Waals surface area contributed by atoms with Gasteiger partial charge in [-0.15, -0.1) is 0 Å². The lowest BCUT2D eigenvalue weighted by Crippen LogP contribution is -2.23. The van der Waals surface area contributed by atoms with Crippen LogP contribution in [0.25, 0.3) is 0 Å². The van der Waals surface area contributed by atoms with E-state index in [9.17, 15) is 0 Å². The van der Waals surface area contributed by atoms with E-state index in [1.54, 1.807) is 0 Å². The van der Waals surface area contributed by atoms with Crippen molar-refractivity contribution in [3.05, 3.63) is 72.8 Å². The van der Waals surface area contributed by atoms with Gasteiger partial charge in [0.05, 0.1) is 0 Å². The Kier molecular flexibility index (Phi) is 7.82. The Labute approximate surface area is 176 Å². The zero-order valence-corrected chi connectivity index (χ0v) is 21.3. The maximum atomic E-state index is 2.37. The predicted octanol–water partition coefficient (Wildman–Crippen LogP) is 4.55. The Morgan fingerprint density at radius 3 is 0.679 bits per heavy atom. The minimum Gasteiger partial charge on any atom is -0.0817 e. The topological polar surface area (TPSA) is 0 Å². The number of hydrogen-bond acceptors (Lipinski definition) is 0. The van der Waals surface area contributed by atoms with Crippen LogP contribution in [0.5, 0.6) is 0 Å². The molecule has 0 nitrogen and oxygen atoms in total. The summed E-state index contributed by atoms with van der Waals surface area (Å²) in [6, 6.07) is 28.2. The minimum atomic E-state index is -0.519. The van der Waals surface area contributed by atoms with Crippen LogP contribution in [0.15, 0.2) is 72.8 Å². The number of benzene rings is 3. The maximum absolute atomic E-state index is 2.37. The van der Waals surface area contributed by atoms with Crippen LogP contribution >= 0.6 is 31.7 Å². The molecule has 0 spiro atoms. The van der Waals surface area contributed by atoms with Gasteiger partial charge in [0.15, 0.2) is 0 Å². The number of hydrogen-bond donors (Lipinski definition) is 0. The second kappa shape index (κ2) is 9.92. The highest BCUT2D eigenvalue weighted by Gasteiger charge is 2.17. The summed E-state index contributed by atoms with van der Waals surface area (Å²) in [7, 11) is -0.662. The summed E-state index contributed by atoms with van der Waals surface area (Å²) in [4.78, 5) is 0. The Balaban J connectivity index is 2.04. The monoisotopic (exact) mass is 442 g/mol. The Morgan fingerprint density at radius 2 is 0.500 bits per heavy atom. The van der Waals surface area contributed by atoms with Gasteiger partial charge in [-0.2, -0.15) is 0 Å². The van der Waals surface area contributed by atoms with Crippen LogP contribution in [0.4, 0.5) is 0 Å². The molecule has 0 atom stereocenters. The SMILES string of the molecule is CP(C)c1ccc(P(c2ccc(P(C)C)cc2)c2ccc(P(C)C)cc2)cc1. The highest BCUT2D eigenvalue weighted by atomic mass is 31.1. The van der Waals surface area contributed by atoms with Crippen molar-refractivity contribution in [3.8, 4) is 0 Å². The highest BCUT2D eigenvalue weighted by Crippen LogP contribution is 2.34. The van der Waals surface area contributed by atoms with E-state index in [4.69, 9.17) is 0 Å². The van der Waals surface area contributed by atoms with E-state index in [0.717, 1.165) is 0 Å². The molecule has 0 saturated carbocycles. The van der Waals surface area contributed by atoms with Gasteiger partial charge in [-0.25, -0.2) is 0 Å². The second-order valence-electron chi connectivity index (χ2n) is 7.57. The summed E-state index contributed by atoms with van der Waals surface area (Å²) in [5, 5.41) is 8.77. The van der Waals surface area contributed by atoms with Crippen LogP contribution in [-0.4, -0.2) is 40.0 Å². The van der Waals surface area contributed by atoms with Crippen molar-refractivity contribution in [2.24, 2.45) is 0 Å². The van der Waals surface area contributed by atoms with Gasteiger partial charge in [0, 0.05) is 0 Å². The summed E-state index contributed by atoms with van der Waals surface area (Å²) in [5.74, 6) is 0. The highest BCUT2D eigenvalue weighted by molar-refractivity contribution is 7.79. The van der Waals surface area contributed by atoms with E-state index in [1.165, 1.54) is 31.8 Å². The molecule has 28 heavy (non-hydrogen) atoms. The lowest BCUT2D eigenvalue weighted by Gasteiger charge is -2.21. The molecule has 0 saturated heterocycles. The van der Waals surface area contributed by atoms with Crippen molar-refractivity contribution in [2.45, 2.75) is 0 Å². The van der Waals surface area contributed by atoms with Gasteiger partial charge < -0.3 is 0 Å². The van der Waals surface area contributed by atoms with Gasteiger partial charge in [-0.1, -0.05) is 96.6 Å². The van der Waals surface area contributed by atoms with Crippen molar-refractivity contribution in [2.75, 3.05) is 40.0 Å². The molecular weight excluding hydrogens is 412 g/mol. The molecule has 4 heteroatoms. The van der Waals surface area contributed by atoms with E-state index < -0.39 is 7.92 Å². The first-order chi connectivity index (χ1) is 13.4. The molecule has 3 aromatic rings. The summed E-state index contributed by atoms with van der Waals surface area (Å²) < 4.78 is 0. The smallest absolute Gasteiger partial charge is 0.0134 e. The van der Waals surface area contributed by atoms with Gasteiger partial charge >= 0.3 is 0 Å². The van der Waals surface area contributed by atoms with Crippen LogP contribution in [0.2, 0.25) is 0 Å². The van der Waals surface area contributed by atoms with Gasteiger partial charge in [-0.05, 0) is 79.7 Å². The third-order valence-electron chi connectivity index (χ3n) is 4.87. The predicted molar refractivity (Wildman–Crippen MR) is 140 cm³/mol. The average Bonchev–Trinajstić information content (AvgIpc) is 2.69. The first-order valence-electron chi connectivity index (χ1n) is 9.49. The molecule has 0 heterocycles. The summed E-state index contributed by atoms with van der Waals surface area (Å²) in [5.41, 5.74) is 0. The third kappa shape index (κ3) is 5.29. The standard InChI is InChI=1S/C24H30P4/c1-25(2)19-7-13-22(14-8-19)28(23-15-9-20(10-16-23)26(3)4)24-17-11-21(12-18-24)27(5)6/h7-18H,1-6H3. The normalized spacial score (nSPS) is 11.8. The molecule has 0 aliphatic carbocycles. The van der Waals surface area contributed by atoms with Crippen LogP contribution in [0.3, 0.4) is 0 Å². The molecule has 0 fully saturated rings. The molecule has 146 valence electrons. The van der Waals surface area contributed by atoms with Gasteiger partial charge in [0.25, 0.3) is 0 Å². The number of rotatable bonds is 6. The molecule has 0 unspecified atom stereocenters. The Bertz CT molecular complexity index is 757. The lowest BCUT2D eigenvalue weighted by atomic mass is 10.3. The van der Waals surface area contributed by atoms with Crippen molar-refractivity contribution in [1.29, 1.82) is 0 Å². The summed E-state index contributed by atoms with van der Waals surface area (Å²) >= 11 is 0. The Hall–Kier alpha value is -0.620. The molecule has 3 aromatic carbocycles. The fourth-order valence-electron chi connectivity index (χ4n) is 3.15. The van der Waals surface area contributed by atoms with Crippen LogP contribution in [0.1, 0.15) is 0 Å². The Morgan fingerprint density at radius 1 is 0.321 bits per heavy atom. The van der Waals surface area contributed by atoms with Gasteiger partial charge in [0.1, 0.15) is 0 Å². The largest absolute Gasteiger partial charge is 0.0817 e.